The summed E-state index contributed by atoms with van der Waals surface area (Å²) in [5.74, 6) is 0. The molecule has 1 heterocycles. The molecule has 1 aliphatic carbocycles. The number of benzene rings is 1. The van der Waals surface area contributed by atoms with Gasteiger partial charge in [0.1, 0.15) is 0 Å². The molecule has 66 valence electrons. The second-order valence-corrected chi connectivity index (χ2v) is 4.46. The zero-order chi connectivity index (χ0) is 8.84. The third kappa shape index (κ3) is 1.27. The van der Waals surface area contributed by atoms with Gasteiger partial charge >= 0.3 is 0 Å². The van der Waals surface area contributed by atoms with Crippen molar-refractivity contribution in [2.75, 3.05) is 0 Å². The van der Waals surface area contributed by atoms with E-state index in [4.69, 9.17) is 0 Å². The average Bonchev–Trinajstić information content (AvgIpc) is 2.87. The highest BCUT2D eigenvalue weighted by Gasteiger charge is 2.24. The van der Waals surface area contributed by atoms with Crippen molar-refractivity contribution in [3.63, 3.8) is 0 Å². The minimum Gasteiger partial charge on any atom is -0.268 e. The van der Waals surface area contributed by atoms with Crippen LogP contribution in [0.3, 0.4) is 0 Å². The van der Waals surface area contributed by atoms with Crippen LogP contribution < -0.4 is 0 Å². The zero-order valence-electron chi connectivity index (χ0n) is 7.07. The Hall–Kier alpha value is -0.830. The van der Waals surface area contributed by atoms with E-state index in [9.17, 15) is 0 Å². The lowest BCUT2D eigenvalue weighted by molar-refractivity contribution is 0.649. The number of aromatic nitrogens is 2. The smallest absolute Gasteiger partial charge is 0.0934 e. The monoisotopic (exact) mass is 236 g/mol. The van der Waals surface area contributed by atoms with E-state index in [2.05, 4.69) is 50.1 Å². The van der Waals surface area contributed by atoms with Crippen molar-refractivity contribution in [3.8, 4) is 0 Å². The minimum atomic E-state index is 0.672. The fraction of sp³-hybridized carbons (Fsp3) is 0.300. The summed E-state index contributed by atoms with van der Waals surface area (Å²) in [6.45, 7) is 0. The molecule has 0 atom stereocenters. The van der Waals surface area contributed by atoms with E-state index >= 15 is 0 Å². The summed E-state index contributed by atoms with van der Waals surface area (Å²) in [5.41, 5.74) is 1.08. The van der Waals surface area contributed by atoms with Crippen molar-refractivity contribution >= 4 is 26.8 Å². The molecule has 2 aromatic rings. The van der Waals surface area contributed by atoms with Crippen LogP contribution in [-0.2, 0) is 0 Å². The highest BCUT2D eigenvalue weighted by molar-refractivity contribution is 9.10. The standard InChI is InChI=1S/C10H9BrN2/c11-8-2-1-7-6-13(9-3-4-9)12-10(7)5-8/h1-2,5-6,9H,3-4H2. The Bertz CT molecular complexity index is 457. The highest BCUT2D eigenvalue weighted by atomic mass is 79.9. The van der Waals surface area contributed by atoms with Gasteiger partial charge in [0.15, 0.2) is 0 Å². The van der Waals surface area contributed by atoms with Crippen molar-refractivity contribution in [2.24, 2.45) is 0 Å². The molecule has 0 unspecified atom stereocenters. The predicted octanol–water partition coefficient (Wildman–Crippen LogP) is 3.13. The van der Waals surface area contributed by atoms with E-state index in [0.29, 0.717) is 6.04 Å². The molecule has 0 saturated heterocycles. The van der Waals surface area contributed by atoms with E-state index in [1.165, 1.54) is 18.2 Å². The maximum absolute atomic E-state index is 4.52. The molecule has 1 saturated carbocycles. The van der Waals surface area contributed by atoms with Crippen LogP contribution in [-0.4, -0.2) is 9.78 Å². The minimum absolute atomic E-state index is 0.672. The van der Waals surface area contributed by atoms with Gasteiger partial charge in [-0.3, -0.25) is 4.68 Å². The zero-order valence-corrected chi connectivity index (χ0v) is 8.66. The molecule has 2 nitrogen and oxygen atoms in total. The van der Waals surface area contributed by atoms with Gasteiger partial charge in [-0.2, -0.15) is 5.10 Å². The summed E-state index contributed by atoms with van der Waals surface area (Å²) in [4.78, 5) is 0. The van der Waals surface area contributed by atoms with Gasteiger partial charge in [-0.05, 0) is 25.0 Å². The molecule has 3 heteroatoms. The van der Waals surface area contributed by atoms with E-state index in [1.807, 2.05) is 0 Å². The number of rotatable bonds is 1. The Morgan fingerprint density at radius 2 is 2.23 bits per heavy atom. The molecule has 1 aromatic carbocycles. The van der Waals surface area contributed by atoms with Crippen molar-refractivity contribution in [1.82, 2.24) is 9.78 Å². The molecule has 1 fully saturated rings. The summed E-state index contributed by atoms with van der Waals surface area (Å²) in [7, 11) is 0. The first-order valence-corrected chi connectivity index (χ1v) is 5.27. The lowest BCUT2D eigenvalue weighted by Gasteiger charge is -1.91. The quantitative estimate of drug-likeness (QED) is 0.744. The summed E-state index contributed by atoms with van der Waals surface area (Å²) in [5, 5.41) is 5.75. The van der Waals surface area contributed by atoms with Gasteiger partial charge in [0, 0.05) is 16.1 Å². The topological polar surface area (TPSA) is 17.8 Å². The largest absolute Gasteiger partial charge is 0.268 e. The molecular weight excluding hydrogens is 228 g/mol. The number of hydrogen-bond acceptors (Lipinski definition) is 1. The van der Waals surface area contributed by atoms with Crippen LogP contribution in [0.25, 0.3) is 10.9 Å². The van der Waals surface area contributed by atoms with Crippen molar-refractivity contribution < 1.29 is 0 Å². The highest BCUT2D eigenvalue weighted by Crippen LogP contribution is 2.35. The third-order valence-electron chi connectivity index (χ3n) is 2.41. The Labute approximate surface area is 84.7 Å². The van der Waals surface area contributed by atoms with Crippen LogP contribution >= 0.6 is 15.9 Å². The van der Waals surface area contributed by atoms with Crippen molar-refractivity contribution in [1.29, 1.82) is 0 Å². The molecule has 0 amide bonds. The maximum atomic E-state index is 4.52. The van der Waals surface area contributed by atoms with E-state index in [-0.39, 0.29) is 0 Å². The lowest BCUT2D eigenvalue weighted by Crippen LogP contribution is -1.92. The first-order chi connectivity index (χ1) is 6.33. The molecule has 1 aromatic heterocycles. The molecule has 13 heavy (non-hydrogen) atoms. The van der Waals surface area contributed by atoms with Crippen LogP contribution in [0.4, 0.5) is 0 Å². The summed E-state index contributed by atoms with van der Waals surface area (Å²) in [6, 6.07) is 6.90. The Balaban J connectivity index is 2.20. The molecule has 0 radical (unpaired) electrons. The van der Waals surface area contributed by atoms with Gasteiger partial charge < -0.3 is 0 Å². The maximum Gasteiger partial charge on any atom is 0.0934 e. The molecule has 0 spiro atoms. The van der Waals surface area contributed by atoms with Crippen LogP contribution in [0.2, 0.25) is 0 Å². The molecular formula is C10H9BrN2. The second-order valence-electron chi connectivity index (χ2n) is 3.54. The van der Waals surface area contributed by atoms with Gasteiger partial charge in [0.25, 0.3) is 0 Å². The summed E-state index contributed by atoms with van der Waals surface area (Å²) in [6.07, 6.45) is 4.71. The van der Waals surface area contributed by atoms with Gasteiger partial charge in [0.2, 0.25) is 0 Å². The molecule has 3 rings (SSSR count). The van der Waals surface area contributed by atoms with Crippen LogP contribution in [0, 0.1) is 0 Å². The number of hydrogen-bond donors (Lipinski definition) is 0. The average molecular weight is 237 g/mol. The predicted molar refractivity (Wildman–Crippen MR) is 55.7 cm³/mol. The number of nitrogens with zero attached hydrogens (tertiary/aromatic N) is 2. The van der Waals surface area contributed by atoms with Crippen LogP contribution in [0.15, 0.2) is 28.9 Å². The fourth-order valence-electron chi connectivity index (χ4n) is 1.53. The molecule has 0 aliphatic heterocycles. The number of fused-ring (bicyclic) bond motifs is 1. The van der Waals surface area contributed by atoms with Gasteiger partial charge in [-0.15, -0.1) is 0 Å². The fourth-order valence-corrected chi connectivity index (χ4v) is 1.88. The Morgan fingerprint density at radius 3 is 3.00 bits per heavy atom. The first-order valence-electron chi connectivity index (χ1n) is 4.47. The van der Waals surface area contributed by atoms with E-state index in [1.54, 1.807) is 0 Å². The van der Waals surface area contributed by atoms with E-state index in [0.717, 1.165) is 9.99 Å². The second kappa shape index (κ2) is 2.58. The van der Waals surface area contributed by atoms with Crippen molar-refractivity contribution in [3.05, 3.63) is 28.9 Å². The molecule has 1 aliphatic rings. The van der Waals surface area contributed by atoms with E-state index < -0.39 is 0 Å². The third-order valence-corrected chi connectivity index (χ3v) is 2.90. The normalized spacial score (nSPS) is 16.7. The lowest BCUT2D eigenvalue weighted by atomic mass is 10.3. The molecule has 0 bridgehead atoms. The van der Waals surface area contributed by atoms with Gasteiger partial charge in [-0.25, -0.2) is 0 Å². The SMILES string of the molecule is Brc1ccc2cn(C3CC3)nc2c1. The van der Waals surface area contributed by atoms with Crippen LogP contribution in [0.5, 0.6) is 0 Å². The first kappa shape index (κ1) is 7.56. The summed E-state index contributed by atoms with van der Waals surface area (Å²) >= 11 is 3.45. The van der Waals surface area contributed by atoms with Crippen LogP contribution in [0.1, 0.15) is 18.9 Å². The van der Waals surface area contributed by atoms with Crippen molar-refractivity contribution in [2.45, 2.75) is 18.9 Å². The Morgan fingerprint density at radius 1 is 1.38 bits per heavy atom. The number of halogens is 1. The summed E-state index contributed by atoms with van der Waals surface area (Å²) < 4.78 is 3.19. The molecule has 0 N–H and O–H groups in total. The Kier molecular flexibility index (Phi) is 1.50. The van der Waals surface area contributed by atoms with Gasteiger partial charge in [0.05, 0.1) is 11.6 Å². The van der Waals surface area contributed by atoms with Gasteiger partial charge in [-0.1, -0.05) is 22.0 Å².